The first kappa shape index (κ1) is 25.7. The van der Waals surface area contributed by atoms with Crippen LogP contribution in [0.1, 0.15) is 33.6 Å². The number of benzene rings is 2. The average molecular weight is 501 g/mol. The zero-order valence-electron chi connectivity index (χ0n) is 21.5. The first-order valence-electron chi connectivity index (χ1n) is 11.5. The van der Waals surface area contributed by atoms with Crippen LogP contribution in [-0.2, 0) is 0 Å². The lowest BCUT2D eigenvalue weighted by molar-refractivity contribution is 0.354. The highest BCUT2D eigenvalue weighted by atomic mass is 16.5. The fourth-order valence-corrected chi connectivity index (χ4v) is 3.44. The van der Waals surface area contributed by atoms with Crippen molar-refractivity contribution in [2.75, 3.05) is 28.4 Å². The maximum atomic E-state index is 5.51. The van der Waals surface area contributed by atoms with E-state index in [-0.39, 0.29) is 0 Å². The zero-order chi connectivity index (χ0) is 26.7. The number of methoxy groups -OCH3 is 4. The van der Waals surface area contributed by atoms with Crippen molar-refractivity contribution in [3.05, 3.63) is 107 Å². The minimum absolute atomic E-state index is 0.544. The number of ether oxygens (including phenoxy) is 4. The molecule has 2 aromatic heterocycles. The van der Waals surface area contributed by atoms with Gasteiger partial charge >= 0.3 is 0 Å². The van der Waals surface area contributed by atoms with Crippen LogP contribution in [0.3, 0.4) is 0 Å². The third-order valence-electron chi connectivity index (χ3n) is 5.36. The van der Waals surface area contributed by atoms with E-state index in [1.165, 1.54) is 0 Å². The number of hydrogen-bond acceptors (Lipinski definition) is 6. The summed E-state index contributed by atoms with van der Waals surface area (Å²) in [6.45, 7) is 0. The van der Waals surface area contributed by atoms with Crippen molar-refractivity contribution in [2.45, 2.75) is 0 Å². The topological polar surface area (TPSA) is 62.7 Å². The van der Waals surface area contributed by atoms with Crippen LogP contribution >= 0.6 is 0 Å². The number of hydrogen-bond donors (Lipinski definition) is 0. The molecule has 4 aromatic rings. The van der Waals surface area contributed by atoms with Gasteiger partial charge in [0, 0.05) is 58.9 Å². The molecule has 2 aromatic carbocycles. The highest BCUT2D eigenvalue weighted by Crippen LogP contribution is 2.32. The predicted octanol–water partition coefficient (Wildman–Crippen LogP) is 4.71. The van der Waals surface area contributed by atoms with E-state index in [4.69, 9.17) is 18.9 Å². The van der Waals surface area contributed by atoms with Crippen molar-refractivity contribution in [3.8, 4) is 58.5 Å². The van der Waals surface area contributed by atoms with Crippen LogP contribution in [0.15, 0.2) is 73.1 Å². The lowest BCUT2D eigenvalue weighted by Crippen LogP contribution is -1.96. The van der Waals surface area contributed by atoms with Gasteiger partial charge in [-0.2, -0.15) is 0 Å². The molecule has 6 heteroatoms. The number of rotatable bonds is 4. The van der Waals surface area contributed by atoms with Crippen molar-refractivity contribution in [2.24, 2.45) is 0 Å². The number of aromatic nitrogens is 2. The van der Waals surface area contributed by atoms with Gasteiger partial charge < -0.3 is 18.9 Å². The van der Waals surface area contributed by atoms with E-state index in [2.05, 4.69) is 45.5 Å². The molecule has 0 spiro atoms. The Morgan fingerprint density at radius 1 is 0.447 bits per heavy atom. The maximum absolute atomic E-state index is 5.51. The minimum atomic E-state index is 0.544. The fraction of sp³-hybridized carbons (Fsp3) is 0.125. The molecule has 0 unspecified atom stereocenters. The highest BCUT2D eigenvalue weighted by molar-refractivity contribution is 5.64. The third-order valence-corrected chi connectivity index (χ3v) is 5.36. The van der Waals surface area contributed by atoms with E-state index in [0.29, 0.717) is 56.6 Å². The summed E-state index contributed by atoms with van der Waals surface area (Å²) in [5.41, 5.74) is 3.94. The second-order valence-electron chi connectivity index (χ2n) is 7.69. The van der Waals surface area contributed by atoms with Crippen LogP contribution in [0.4, 0.5) is 0 Å². The van der Waals surface area contributed by atoms with Gasteiger partial charge in [0.05, 0.1) is 28.4 Å². The van der Waals surface area contributed by atoms with E-state index < -0.39 is 0 Å². The Kier molecular flexibility index (Phi) is 8.48. The van der Waals surface area contributed by atoms with Crippen molar-refractivity contribution in [1.29, 1.82) is 0 Å². The lowest BCUT2D eigenvalue weighted by Gasteiger charge is -2.10. The molecule has 0 aliphatic carbocycles. The van der Waals surface area contributed by atoms with E-state index in [0.717, 1.165) is 0 Å². The van der Waals surface area contributed by atoms with E-state index in [1.807, 2.05) is 36.4 Å². The summed E-state index contributed by atoms with van der Waals surface area (Å²) in [5, 5.41) is 0. The monoisotopic (exact) mass is 500 g/mol. The van der Waals surface area contributed by atoms with Gasteiger partial charge in [-0.25, -0.2) is 9.97 Å². The first-order valence-corrected chi connectivity index (χ1v) is 11.5. The summed E-state index contributed by atoms with van der Waals surface area (Å²) < 4.78 is 22.0. The van der Waals surface area contributed by atoms with Gasteiger partial charge in [-0.3, -0.25) is 0 Å². The summed E-state index contributed by atoms with van der Waals surface area (Å²) in [7, 11) is 6.31. The van der Waals surface area contributed by atoms with Crippen molar-refractivity contribution in [1.82, 2.24) is 9.97 Å². The van der Waals surface area contributed by atoms with Crippen LogP contribution in [0, 0.1) is 35.5 Å². The molecule has 0 fully saturated rings. The van der Waals surface area contributed by atoms with Crippen molar-refractivity contribution >= 4 is 0 Å². The first-order chi connectivity index (χ1) is 18.6. The molecule has 0 saturated carbocycles. The molecule has 0 bridgehead atoms. The Labute approximate surface area is 222 Å². The van der Waals surface area contributed by atoms with Crippen molar-refractivity contribution < 1.29 is 18.9 Å². The third kappa shape index (κ3) is 6.24. The molecule has 6 nitrogen and oxygen atoms in total. The number of nitrogens with zero attached hydrogens (tertiary/aromatic N) is 2. The normalized spacial score (nSPS) is 9.47. The van der Waals surface area contributed by atoms with Crippen LogP contribution in [0.25, 0.3) is 0 Å². The molecule has 0 aliphatic heterocycles. The SMILES string of the molecule is COc1cc(C#Cc2ccccn2)c(C#Cc2cc(OC)c(OC)cc2C#Cc2ccccn2)cc1OC. The molecule has 0 radical (unpaired) electrons. The molecule has 186 valence electrons. The zero-order valence-corrected chi connectivity index (χ0v) is 21.5. The molecular formula is C32H24N2O4. The van der Waals surface area contributed by atoms with Gasteiger partial charge in [-0.1, -0.05) is 35.8 Å². The molecule has 0 N–H and O–H groups in total. The largest absolute Gasteiger partial charge is 0.493 e. The Bertz CT molecular complexity index is 1490. The standard InChI is InChI=1S/C32H24N2O4/c1-35-29-19-23(25(21-31(29)37-3)13-15-27-9-5-7-17-33-27)11-12-24-20-30(36-2)32(38-4)22-26(24)14-16-28-10-6-8-18-34-28/h5-10,17-22H,1-4H3. The highest BCUT2D eigenvalue weighted by Gasteiger charge is 2.11. The second-order valence-corrected chi connectivity index (χ2v) is 7.69. The van der Waals surface area contributed by atoms with E-state index >= 15 is 0 Å². The van der Waals surface area contributed by atoms with E-state index in [1.54, 1.807) is 65.1 Å². The molecule has 0 atom stereocenters. The predicted molar refractivity (Wildman–Crippen MR) is 146 cm³/mol. The quantitative estimate of drug-likeness (QED) is 0.378. The van der Waals surface area contributed by atoms with Gasteiger partial charge in [0.1, 0.15) is 11.4 Å². The smallest absolute Gasteiger partial charge is 0.162 e. The summed E-state index contributed by atoms with van der Waals surface area (Å²) in [5.74, 6) is 21.1. The molecule has 0 saturated heterocycles. The van der Waals surface area contributed by atoms with Gasteiger partial charge in [0.25, 0.3) is 0 Å². The number of pyridine rings is 2. The molecule has 0 aliphatic rings. The van der Waals surface area contributed by atoms with Gasteiger partial charge in [-0.05, 0) is 36.1 Å². The van der Waals surface area contributed by atoms with Crippen LogP contribution in [-0.4, -0.2) is 38.4 Å². The van der Waals surface area contributed by atoms with Crippen LogP contribution in [0.2, 0.25) is 0 Å². The lowest BCUT2D eigenvalue weighted by atomic mass is 10.0. The second kappa shape index (κ2) is 12.5. The molecular weight excluding hydrogens is 476 g/mol. The molecule has 0 amide bonds. The van der Waals surface area contributed by atoms with Gasteiger partial charge in [-0.15, -0.1) is 0 Å². The van der Waals surface area contributed by atoms with E-state index in [9.17, 15) is 0 Å². The Balaban J connectivity index is 1.85. The molecule has 2 heterocycles. The summed E-state index contributed by atoms with van der Waals surface area (Å²) in [6.07, 6.45) is 3.40. The average Bonchev–Trinajstić information content (AvgIpc) is 2.98. The van der Waals surface area contributed by atoms with Crippen LogP contribution in [0.5, 0.6) is 23.0 Å². The fourth-order valence-electron chi connectivity index (χ4n) is 3.44. The summed E-state index contributed by atoms with van der Waals surface area (Å²) >= 11 is 0. The Morgan fingerprint density at radius 2 is 0.763 bits per heavy atom. The van der Waals surface area contributed by atoms with Gasteiger partial charge in [0.15, 0.2) is 23.0 Å². The van der Waals surface area contributed by atoms with Crippen LogP contribution < -0.4 is 18.9 Å². The summed E-state index contributed by atoms with van der Waals surface area (Å²) in [6, 6.07) is 18.3. The summed E-state index contributed by atoms with van der Waals surface area (Å²) in [4.78, 5) is 8.55. The van der Waals surface area contributed by atoms with Gasteiger partial charge in [0.2, 0.25) is 0 Å². The maximum Gasteiger partial charge on any atom is 0.162 e. The Morgan fingerprint density at radius 3 is 1.03 bits per heavy atom. The Hall–Kier alpha value is -5.38. The minimum Gasteiger partial charge on any atom is -0.493 e. The molecule has 38 heavy (non-hydrogen) atoms. The molecule has 4 rings (SSSR count). The van der Waals surface area contributed by atoms with Crippen molar-refractivity contribution in [3.63, 3.8) is 0 Å².